The summed E-state index contributed by atoms with van der Waals surface area (Å²) in [6.07, 6.45) is 0. The average molecular weight is 299 g/mol. The van der Waals surface area contributed by atoms with E-state index in [1.807, 2.05) is 0 Å². The molecule has 0 unspecified atom stereocenters. The molecule has 106 valence electrons. The maximum atomic E-state index is 13.7. The van der Waals surface area contributed by atoms with Gasteiger partial charge in [0, 0.05) is 17.6 Å². The van der Waals surface area contributed by atoms with E-state index in [0.717, 1.165) is 11.6 Å². The van der Waals surface area contributed by atoms with Crippen LogP contribution < -0.4 is 10.1 Å². The molecule has 0 aliphatic carbocycles. The number of pyridine rings is 1. The molecule has 1 aromatic heterocycles. The number of benzene rings is 1. The Bertz CT molecular complexity index is 635. The van der Waals surface area contributed by atoms with Crippen molar-refractivity contribution in [1.29, 1.82) is 0 Å². The number of aryl methyl sites for hydroxylation is 1. The molecule has 0 amide bonds. The summed E-state index contributed by atoms with van der Waals surface area (Å²) in [5.41, 5.74) is 0.730. The Morgan fingerprint density at radius 2 is 2.00 bits per heavy atom. The van der Waals surface area contributed by atoms with E-state index >= 15 is 0 Å². The van der Waals surface area contributed by atoms with E-state index in [0.29, 0.717) is 17.3 Å². The molecular formula is C14H13ClF2N2O. The highest BCUT2D eigenvalue weighted by atomic mass is 35.5. The van der Waals surface area contributed by atoms with Crippen molar-refractivity contribution in [2.45, 2.75) is 13.8 Å². The summed E-state index contributed by atoms with van der Waals surface area (Å²) in [5.74, 6) is -1.54. The molecule has 0 aliphatic rings. The van der Waals surface area contributed by atoms with Crippen LogP contribution in [-0.4, -0.2) is 11.5 Å². The maximum Gasteiger partial charge on any atom is 0.258 e. The fourth-order valence-corrected chi connectivity index (χ4v) is 1.87. The first-order valence-electron chi connectivity index (χ1n) is 6.05. The van der Waals surface area contributed by atoms with Crippen molar-refractivity contribution in [3.63, 3.8) is 0 Å². The van der Waals surface area contributed by atoms with E-state index in [1.165, 1.54) is 0 Å². The molecule has 6 heteroatoms. The fourth-order valence-electron chi connectivity index (χ4n) is 1.64. The molecule has 0 saturated heterocycles. The summed E-state index contributed by atoms with van der Waals surface area (Å²) in [4.78, 5) is 3.80. The van der Waals surface area contributed by atoms with Gasteiger partial charge in [0.05, 0.1) is 0 Å². The second-order valence-electron chi connectivity index (χ2n) is 4.15. The van der Waals surface area contributed by atoms with E-state index in [9.17, 15) is 8.78 Å². The van der Waals surface area contributed by atoms with E-state index < -0.39 is 11.6 Å². The number of halogens is 3. The van der Waals surface area contributed by atoms with E-state index in [2.05, 4.69) is 10.3 Å². The first kappa shape index (κ1) is 14.5. The third-order valence-corrected chi connectivity index (χ3v) is 2.82. The largest absolute Gasteiger partial charge is 0.436 e. The molecule has 3 nitrogen and oxygen atoms in total. The van der Waals surface area contributed by atoms with Crippen LogP contribution in [0.1, 0.15) is 12.5 Å². The summed E-state index contributed by atoms with van der Waals surface area (Å²) in [5, 5.41) is 3.25. The van der Waals surface area contributed by atoms with Crippen LogP contribution in [0, 0.1) is 18.6 Å². The topological polar surface area (TPSA) is 34.2 Å². The molecule has 2 aromatic rings. The highest BCUT2D eigenvalue weighted by Gasteiger charge is 2.14. The lowest BCUT2D eigenvalue weighted by Gasteiger charge is -2.11. The van der Waals surface area contributed by atoms with Crippen LogP contribution >= 0.6 is 11.6 Å². The molecule has 0 fully saturated rings. The summed E-state index contributed by atoms with van der Waals surface area (Å²) in [6, 6.07) is 5.65. The summed E-state index contributed by atoms with van der Waals surface area (Å²) >= 11 is 5.83. The van der Waals surface area contributed by atoms with Crippen LogP contribution in [0.15, 0.2) is 24.3 Å². The highest BCUT2D eigenvalue weighted by molar-refractivity contribution is 6.30. The first-order valence-corrected chi connectivity index (χ1v) is 6.43. The second kappa shape index (κ2) is 6.05. The number of rotatable bonds is 4. The Labute approximate surface area is 120 Å². The minimum absolute atomic E-state index is 0.0458. The van der Waals surface area contributed by atoms with Gasteiger partial charge in [0.15, 0.2) is 17.5 Å². The van der Waals surface area contributed by atoms with Crippen molar-refractivity contribution in [2.75, 3.05) is 11.9 Å². The van der Waals surface area contributed by atoms with Crippen LogP contribution in [0.25, 0.3) is 0 Å². The SMILES string of the molecule is CCNc1nc(Oc2ccc(Cl)cc2C)c(F)cc1F. The van der Waals surface area contributed by atoms with Gasteiger partial charge in [0.1, 0.15) is 5.75 Å². The van der Waals surface area contributed by atoms with Crippen LogP contribution in [-0.2, 0) is 0 Å². The fraction of sp³-hybridized carbons (Fsp3) is 0.214. The molecule has 0 saturated carbocycles. The minimum Gasteiger partial charge on any atom is -0.436 e. The van der Waals surface area contributed by atoms with Crippen molar-refractivity contribution < 1.29 is 13.5 Å². The van der Waals surface area contributed by atoms with Gasteiger partial charge in [-0.15, -0.1) is 0 Å². The van der Waals surface area contributed by atoms with Crippen molar-refractivity contribution in [2.24, 2.45) is 0 Å². The minimum atomic E-state index is -0.862. The summed E-state index contributed by atoms with van der Waals surface area (Å²) < 4.78 is 32.5. The Morgan fingerprint density at radius 1 is 1.25 bits per heavy atom. The van der Waals surface area contributed by atoms with Crippen molar-refractivity contribution in [1.82, 2.24) is 4.98 Å². The number of hydrogen-bond donors (Lipinski definition) is 1. The molecule has 2 rings (SSSR count). The normalized spacial score (nSPS) is 10.4. The number of nitrogens with one attached hydrogen (secondary N) is 1. The maximum absolute atomic E-state index is 13.7. The van der Waals surface area contributed by atoms with Gasteiger partial charge in [-0.25, -0.2) is 8.78 Å². The van der Waals surface area contributed by atoms with Gasteiger partial charge in [-0.2, -0.15) is 4.98 Å². The van der Waals surface area contributed by atoms with Gasteiger partial charge in [-0.05, 0) is 37.6 Å². The standard InChI is InChI=1S/C14H13ClF2N2O/c1-3-18-13-10(16)7-11(17)14(19-13)20-12-5-4-9(15)6-8(12)2/h4-7H,3H2,1-2H3,(H,18,19). The number of hydrogen-bond acceptors (Lipinski definition) is 3. The average Bonchev–Trinajstić information content (AvgIpc) is 2.38. The Hall–Kier alpha value is -1.88. The van der Waals surface area contributed by atoms with E-state index in [-0.39, 0.29) is 11.7 Å². The van der Waals surface area contributed by atoms with Crippen molar-refractivity contribution >= 4 is 17.4 Å². The zero-order valence-corrected chi connectivity index (χ0v) is 11.8. The lowest BCUT2D eigenvalue weighted by molar-refractivity contribution is 0.415. The van der Waals surface area contributed by atoms with Crippen LogP contribution in [0.5, 0.6) is 11.6 Å². The van der Waals surface area contributed by atoms with Crippen LogP contribution in [0.2, 0.25) is 5.02 Å². The lowest BCUT2D eigenvalue weighted by Crippen LogP contribution is -2.05. The predicted molar refractivity (Wildman–Crippen MR) is 74.6 cm³/mol. The Kier molecular flexibility index (Phi) is 4.39. The Morgan fingerprint density at radius 3 is 2.65 bits per heavy atom. The smallest absolute Gasteiger partial charge is 0.258 e. The monoisotopic (exact) mass is 298 g/mol. The third-order valence-electron chi connectivity index (χ3n) is 2.59. The van der Waals surface area contributed by atoms with Gasteiger partial charge in [-0.3, -0.25) is 0 Å². The number of nitrogens with zero attached hydrogens (tertiary/aromatic N) is 1. The van der Waals surface area contributed by atoms with Crippen molar-refractivity contribution in [3.8, 4) is 11.6 Å². The molecule has 0 radical (unpaired) electrons. The third kappa shape index (κ3) is 3.17. The molecule has 1 heterocycles. The molecular weight excluding hydrogens is 286 g/mol. The van der Waals surface area contributed by atoms with Gasteiger partial charge >= 0.3 is 0 Å². The highest BCUT2D eigenvalue weighted by Crippen LogP contribution is 2.29. The summed E-state index contributed by atoms with van der Waals surface area (Å²) in [7, 11) is 0. The quantitative estimate of drug-likeness (QED) is 0.899. The van der Waals surface area contributed by atoms with Gasteiger partial charge in [-0.1, -0.05) is 11.6 Å². The zero-order chi connectivity index (χ0) is 14.7. The molecule has 1 aromatic carbocycles. The lowest BCUT2D eigenvalue weighted by atomic mass is 10.2. The van der Waals surface area contributed by atoms with Gasteiger partial charge in [0.2, 0.25) is 0 Å². The van der Waals surface area contributed by atoms with E-state index in [4.69, 9.17) is 16.3 Å². The molecule has 1 N–H and O–H groups in total. The molecule has 0 aliphatic heterocycles. The second-order valence-corrected chi connectivity index (χ2v) is 4.58. The predicted octanol–water partition coefficient (Wildman–Crippen LogP) is 4.55. The molecule has 0 atom stereocenters. The zero-order valence-electron chi connectivity index (χ0n) is 11.0. The molecule has 0 bridgehead atoms. The molecule has 0 spiro atoms. The number of anilines is 1. The van der Waals surface area contributed by atoms with Gasteiger partial charge in [0.25, 0.3) is 5.88 Å². The Balaban J connectivity index is 2.35. The van der Waals surface area contributed by atoms with E-state index in [1.54, 1.807) is 32.0 Å². The van der Waals surface area contributed by atoms with Crippen LogP contribution in [0.4, 0.5) is 14.6 Å². The van der Waals surface area contributed by atoms with Crippen molar-refractivity contribution in [3.05, 3.63) is 46.5 Å². The number of ether oxygens (including phenoxy) is 1. The number of aromatic nitrogens is 1. The first-order chi connectivity index (χ1) is 9.51. The van der Waals surface area contributed by atoms with Gasteiger partial charge < -0.3 is 10.1 Å². The summed E-state index contributed by atoms with van der Waals surface area (Å²) in [6.45, 7) is 4.02. The molecule has 20 heavy (non-hydrogen) atoms. The van der Waals surface area contributed by atoms with Crippen LogP contribution in [0.3, 0.4) is 0 Å².